The summed E-state index contributed by atoms with van der Waals surface area (Å²) in [4.78, 5) is 10.9. The molecule has 5 nitrogen and oxygen atoms in total. The highest BCUT2D eigenvalue weighted by molar-refractivity contribution is 5.67. The molecule has 0 aliphatic rings. The zero-order valence-corrected chi connectivity index (χ0v) is 15.4. The van der Waals surface area contributed by atoms with Gasteiger partial charge in [-0.05, 0) is 12.8 Å². The minimum atomic E-state index is -0.787. The van der Waals surface area contributed by atoms with Crippen LogP contribution in [-0.4, -0.2) is 67.7 Å². The Morgan fingerprint density at radius 2 is 1.39 bits per heavy atom. The molecule has 0 aromatic carbocycles. The number of carboxylic acids is 1. The molecule has 0 saturated carbocycles. The summed E-state index contributed by atoms with van der Waals surface area (Å²) < 4.78 is 6.50. The van der Waals surface area contributed by atoms with Crippen LogP contribution >= 0.6 is 0 Å². The van der Waals surface area contributed by atoms with Gasteiger partial charge in [-0.3, -0.25) is 4.79 Å². The topological polar surface area (TPSA) is 66.8 Å². The first-order valence-electron chi connectivity index (χ1n) is 9.10. The van der Waals surface area contributed by atoms with Gasteiger partial charge in [0.15, 0.2) is 0 Å². The molecule has 0 saturated heterocycles. The predicted molar refractivity (Wildman–Crippen MR) is 93.5 cm³/mol. The predicted octanol–water partition coefficient (Wildman–Crippen LogP) is 3.06. The van der Waals surface area contributed by atoms with Crippen molar-refractivity contribution in [1.82, 2.24) is 0 Å². The number of likely N-dealkylation sites (N-methyl/N-ethyl adjacent to an activating group) is 1. The molecule has 1 unspecified atom stereocenters. The number of quaternary nitrogens is 1. The molecule has 0 radical (unpaired) electrons. The molecule has 0 fully saturated rings. The molecule has 0 amide bonds. The minimum absolute atomic E-state index is 0.0867. The third-order valence-electron chi connectivity index (χ3n) is 3.81. The van der Waals surface area contributed by atoms with E-state index in [1.54, 1.807) is 0 Å². The SMILES string of the molecule is C[N+](C)(C)CC(CC(=O)O)OCCCCCCCCCCCO. The minimum Gasteiger partial charge on any atom is -0.481 e. The van der Waals surface area contributed by atoms with Crippen molar-refractivity contribution in [1.29, 1.82) is 0 Å². The van der Waals surface area contributed by atoms with Gasteiger partial charge in [-0.1, -0.05) is 44.9 Å². The van der Waals surface area contributed by atoms with E-state index in [0.29, 0.717) is 17.7 Å². The van der Waals surface area contributed by atoms with Crippen molar-refractivity contribution in [3.63, 3.8) is 0 Å². The first-order chi connectivity index (χ1) is 10.8. The number of rotatable bonds is 16. The maximum Gasteiger partial charge on any atom is 0.306 e. The van der Waals surface area contributed by atoms with Gasteiger partial charge < -0.3 is 19.4 Å². The monoisotopic (exact) mass is 332 g/mol. The number of aliphatic hydroxyl groups excluding tert-OH is 1. The fraction of sp³-hybridized carbons (Fsp3) is 0.944. The summed E-state index contributed by atoms with van der Waals surface area (Å²) in [6, 6.07) is 0. The molecule has 0 rings (SSSR count). The van der Waals surface area contributed by atoms with Crippen molar-refractivity contribution >= 4 is 5.97 Å². The number of unbranched alkanes of at least 4 members (excludes halogenated alkanes) is 8. The second kappa shape index (κ2) is 13.8. The standard InChI is InChI=1S/C18H37NO4/c1-19(2,3)16-17(15-18(21)22)23-14-12-10-8-6-4-5-7-9-11-13-20/h17,20H,4-16H2,1-3H3/p+1. The Labute approximate surface area is 142 Å². The van der Waals surface area contributed by atoms with Gasteiger partial charge in [-0.2, -0.15) is 0 Å². The van der Waals surface area contributed by atoms with Gasteiger partial charge in [-0.25, -0.2) is 0 Å². The molecule has 0 aromatic rings. The number of hydrogen-bond acceptors (Lipinski definition) is 3. The second-order valence-electron chi connectivity index (χ2n) is 7.47. The Balaban J connectivity index is 3.57. The van der Waals surface area contributed by atoms with Crippen molar-refractivity contribution in [3.8, 4) is 0 Å². The number of nitrogens with zero attached hydrogens (tertiary/aromatic N) is 1. The summed E-state index contributed by atoms with van der Waals surface area (Å²) in [6.45, 7) is 1.70. The highest BCUT2D eigenvalue weighted by atomic mass is 16.5. The lowest BCUT2D eigenvalue weighted by Gasteiger charge is -2.28. The van der Waals surface area contributed by atoms with Crippen molar-refractivity contribution in [2.24, 2.45) is 0 Å². The van der Waals surface area contributed by atoms with E-state index in [4.69, 9.17) is 14.9 Å². The van der Waals surface area contributed by atoms with Crippen LogP contribution in [0.1, 0.15) is 64.2 Å². The summed E-state index contributed by atoms with van der Waals surface area (Å²) in [5, 5.41) is 17.7. The Bertz CT molecular complexity index is 289. The van der Waals surface area contributed by atoms with Gasteiger partial charge in [0.2, 0.25) is 0 Å². The number of ether oxygens (including phenoxy) is 1. The Hall–Kier alpha value is -0.650. The molecule has 0 spiro atoms. The largest absolute Gasteiger partial charge is 0.481 e. The molecule has 5 heteroatoms. The smallest absolute Gasteiger partial charge is 0.306 e. The van der Waals surface area contributed by atoms with E-state index in [1.165, 1.54) is 32.1 Å². The fourth-order valence-electron chi connectivity index (χ4n) is 2.68. The van der Waals surface area contributed by atoms with Crippen LogP contribution in [0.3, 0.4) is 0 Å². The van der Waals surface area contributed by atoms with E-state index in [2.05, 4.69) is 21.1 Å². The molecular weight excluding hydrogens is 294 g/mol. The van der Waals surface area contributed by atoms with E-state index in [-0.39, 0.29) is 12.5 Å². The van der Waals surface area contributed by atoms with Crippen LogP contribution in [0.15, 0.2) is 0 Å². The first kappa shape index (κ1) is 22.4. The first-order valence-corrected chi connectivity index (χ1v) is 9.10. The van der Waals surface area contributed by atoms with Crippen LogP contribution in [0.5, 0.6) is 0 Å². The highest BCUT2D eigenvalue weighted by Gasteiger charge is 2.21. The van der Waals surface area contributed by atoms with Gasteiger partial charge in [0.25, 0.3) is 0 Å². The van der Waals surface area contributed by atoms with Crippen LogP contribution in [-0.2, 0) is 9.53 Å². The summed E-state index contributed by atoms with van der Waals surface area (Å²) in [5.74, 6) is -0.787. The second-order valence-corrected chi connectivity index (χ2v) is 7.47. The van der Waals surface area contributed by atoms with Crippen LogP contribution in [0.2, 0.25) is 0 Å². The number of aliphatic carboxylic acids is 1. The third-order valence-corrected chi connectivity index (χ3v) is 3.81. The zero-order valence-electron chi connectivity index (χ0n) is 15.4. The average Bonchev–Trinajstić information content (AvgIpc) is 2.42. The molecule has 1 atom stereocenters. The van der Waals surface area contributed by atoms with Crippen molar-refractivity contribution in [3.05, 3.63) is 0 Å². The molecule has 0 aromatic heterocycles. The normalized spacial score (nSPS) is 13.2. The Kier molecular flexibility index (Phi) is 13.4. The van der Waals surface area contributed by atoms with Crippen molar-refractivity contribution in [2.45, 2.75) is 70.3 Å². The fourth-order valence-corrected chi connectivity index (χ4v) is 2.68. The Morgan fingerprint density at radius 3 is 1.83 bits per heavy atom. The number of carbonyl (C=O) groups is 1. The van der Waals surface area contributed by atoms with Crippen LogP contribution in [0.4, 0.5) is 0 Å². The van der Waals surface area contributed by atoms with E-state index < -0.39 is 5.97 Å². The van der Waals surface area contributed by atoms with Crippen molar-refractivity contribution in [2.75, 3.05) is 40.9 Å². The van der Waals surface area contributed by atoms with E-state index in [9.17, 15) is 4.79 Å². The molecule has 0 heterocycles. The maximum absolute atomic E-state index is 10.9. The zero-order chi connectivity index (χ0) is 17.6. The number of hydrogen-bond donors (Lipinski definition) is 2. The van der Waals surface area contributed by atoms with Crippen molar-refractivity contribution < 1.29 is 24.2 Å². The quantitative estimate of drug-likeness (QED) is 0.337. The molecule has 23 heavy (non-hydrogen) atoms. The van der Waals surface area contributed by atoms with E-state index >= 15 is 0 Å². The third kappa shape index (κ3) is 17.5. The Morgan fingerprint density at radius 1 is 0.913 bits per heavy atom. The molecular formula is C18H38NO4+. The lowest BCUT2D eigenvalue weighted by molar-refractivity contribution is -0.873. The summed E-state index contributed by atoms with van der Waals surface area (Å²) in [5.41, 5.74) is 0. The molecule has 0 bridgehead atoms. The summed E-state index contributed by atoms with van der Waals surface area (Å²) in [7, 11) is 6.16. The number of carboxylic acid groups (broad SMARTS) is 1. The lowest BCUT2D eigenvalue weighted by atomic mass is 10.1. The highest BCUT2D eigenvalue weighted by Crippen LogP contribution is 2.11. The van der Waals surface area contributed by atoms with Gasteiger partial charge in [0, 0.05) is 13.2 Å². The van der Waals surface area contributed by atoms with E-state index in [0.717, 1.165) is 32.2 Å². The summed E-state index contributed by atoms with van der Waals surface area (Å²) in [6.07, 6.45) is 10.4. The molecule has 0 aliphatic heterocycles. The lowest BCUT2D eigenvalue weighted by Crippen LogP contribution is -2.43. The summed E-state index contributed by atoms with van der Waals surface area (Å²) >= 11 is 0. The number of aliphatic hydroxyl groups is 1. The molecule has 0 aliphatic carbocycles. The van der Waals surface area contributed by atoms with Gasteiger partial charge in [0.05, 0.1) is 27.6 Å². The van der Waals surface area contributed by atoms with Crippen LogP contribution in [0.25, 0.3) is 0 Å². The molecule has 2 N–H and O–H groups in total. The average molecular weight is 333 g/mol. The van der Waals surface area contributed by atoms with Gasteiger partial charge in [-0.15, -0.1) is 0 Å². The van der Waals surface area contributed by atoms with Gasteiger partial charge >= 0.3 is 5.97 Å². The van der Waals surface area contributed by atoms with E-state index in [1.807, 2.05) is 0 Å². The van der Waals surface area contributed by atoms with Crippen LogP contribution < -0.4 is 0 Å². The maximum atomic E-state index is 10.9. The molecule has 138 valence electrons. The van der Waals surface area contributed by atoms with Gasteiger partial charge in [0.1, 0.15) is 12.6 Å². The van der Waals surface area contributed by atoms with Crippen LogP contribution in [0, 0.1) is 0 Å².